The highest BCUT2D eigenvalue weighted by molar-refractivity contribution is 5.93. The van der Waals surface area contributed by atoms with Crippen LogP contribution in [0.15, 0.2) is 72.9 Å². The first kappa shape index (κ1) is 15.8. The summed E-state index contributed by atoms with van der Waals surface area (Å²) < 4.78 is 7.39. The second-order valence-corrected chi connectivity index (χ2v) is 5.42. The molecule has 0 bridgehead atoms. The number of hydrogen-bond donors (Lipinski definition) is 1. The topological polar surface area (TPSA) is 56.1 Å². The number of nitrogens with one attached hydrogen (secondary N) is 1. The van der Waals surface area contributed by atoms with Gasteiger partial charge in [0.1, 0.15) is 11.6 Å². The van der Waals surface area contributed by atoms with Crippen molar-refractivity contribution in [1.82, 2.24) is 9.78 Å². The summed E-state index contributed by atoms with van der Waals surface area (Å²) in [7, 11) is 0. The van der Waals surface area contributed by atoms with Gasteiger partial charge >= 0.3 is 0 Å². The standard InChI is InChI=1S/C19H19N3O2/c1-15(24-17-10-6-3-7-11-17)19(23)21-18-12-13-20-22(18)14-16-8-4-2-5-9-16/h2-13,15H,14H2,1H3,(H,21,23). The summed E-state index contributed by atoms with van der Waals surface area (Å²) >= 11 is 0. The molecule has 0 aliphatic heterocycles. The molecule has 0 saturated heterocycles. The summed E-state index contributed by atoms with van der Waals surface area (Å²) in [5.74, 6) is 1.10. The number of carbonyl (C=O) groups excluding carboxylic acids is 1. The van der Waals surface area contributed by atoms with Crippen molar-refractivity contribution in [1.29, 1.82) is 0 Å². The van der Waals surface area contributed by atoms with Crippen LogP contribution in [0.4, 0.5) is 5.82 Å². The monoisotopic (exact) mass is 321 g/mol. The van der Waals surface area contributed by atoms with E-state index in [9.17, 15) is 4.79 Å². The Bertz CT molecular complexity index is 785. The van der Waals surface area contributed by atoms with E-state index in [1.54, 1.807) is 23.9 Å². The molecule has 0 aliphatic rings. The minimum Gasteiger partial charge on any atom is -0.481 e. The zero-order valence-electron chi connectivity index (χ0n) is 13.4. The number of nitrogens with zero attached hydrogens (tertiary/aromatic N) is 2. The fourth-order valence-electron chi connectivity index (χ4n) is 2.31. The number of carbonyl (C=O) groups is 1. The predicted octanol–water partition coefficient (Wildman–Crippen LogP) is 3.34. The molecule has 1 atom stereocenters. The van der Waals surface area contributed by atoms with E-state index in [1.165, 1.54) is 0 Å². The van der Waals surface area contributed by atoms with E-state index in [1.807, 2.05) is 60.7 Å². The van der Waals surface area contributed by atoms with Gasteiger partial charge < -0.3 is 10.1 Å². The third-order valence-electron chi connectivity index (χ3n) is 3.57. The number of para-hydroxylation sites is 1. The minimum atomic E-state index is -0.604. The van der Waals surface area contributed by atoms with Crippen LogP contribution in [0.25, 0.3) is 0 Å². The van der Waals surface area contributed by atoms with Crippen molar-refractivity contribution in [3.05, 3.63) is 78.5 Å². The Morgan fingerprint density at radius 3 is 2.46 bits per heavy atom. The summed E-state index contributed by atoms with van der Waals surface area (Å²) in [5.41, 5.74) is 1.12. The van der Waals surface area contributed by atoms with Gasteiger partial charge in [-0.1, -0.05) is 48.5 Å². The van der Waals surface area contributed by atoms with E-state index in [4.69, 9.17) is 4.74 Å². The number of aromatic nitrogens is 2. The molecule has 1 N–H and O–H groups in total. The second kappa shape index (κ2) is 7.46. The fraction of sp³-hybridized carbons (Fsp3) is 0.158. The van der Waals surface area contributed by atoms with Gasteiger partial charge in [0, 0.05) is 6.07 Å². The Morgan fingerprint density at radius 2 is 1.75 bits per heavy atom. The molecule has 1 amide bonds. The van der Waals surface area contributed by atoms with E-state index >= 15 is 0 Å². The van der Waals surface area contributed by atoms with Gasteiger partial charge in [0.15, 0.2) is 6.10 Å². The summed E-state index contributed by atoms with van der Waals surface area (Å²) in [6, 6.07) is 21.0. The minimum absolute atomic E-state index is 0.214. The maximum atomic E-state index is 12.3. The maximum Gasteiger partial charge on any atom is 0.266 e. The molecule has 0 fully saturated rings. The van der Waals surface area contributed by atoms with Gasteiger partial charge in [-0.3, -0.25) is 4.79 Å². The highest BCUT2D eigenvalue weighted by Crippen LogP contribution is 2.14. The quantitative estimate of drug-likeness (QED) is 0.757. The number of benzene rings is 2. The van der Waals surface area contributed by atoms with Crippen LogP contribution in [0.3, 0.4) is 0 Å². The molecule has 3 rings (SSSR count). The predicted molar refractivity (Wildman–Crippen MR) is 92.9 cm³/mol. The van der Waals surface area contributed by atoms with Crippen molar-refractivity contribution in [2.24, 2.45) is 0 Å². The van der Waals surface area contributed by atoms with Gasteiger partial charge in [-0.2, -0.15) is 5.10 Å². The smallest absolute Gasteiger partial charge is 0.266 e. The molecule has 0 radical (unpaired) electrons. The van der Waals surface area contributed by atoms with Crippen molar-refractivity contribution >= 4 is 11.7 Å². The molecule has 1 unspecified atom stereocenters. The summed E-state index contributed by atoms with van der Waals surface area (Å²) in [6.45, 7) is 2.32. The average molecular weight is 321 g/mol. The van der Waals surface area contributed by atoms with Crippen LogP contribution in [0.5, 0.6) is 5.75 Å². The van der Waals surface area contributed by atoms with Crippen molar-refractivity contribution < 1.29 is 9.53 Å². The van der Waals surface area contributed by atoms with Crippen LogP contribution < -0.4 is 10.1 Å². The van der Waals surface area contributed by atoms with Gasteiger partial charge in [-0.05, 0) is 24.6 Å². The van der Waals surface area contributed by atoms with E-state index < -0.39 is 6.10 Å². The first-order valence-corrected chi connectivity index (χ1v) is 7.80. The normalized spacial score (nSPS) is 11.7. The molecule has 2 aromatic carbocycles. The van der Waals surface area contributed by atoms with Crippen LogP contribution in [0.1, 0.15) is 12.5 Å². The lowest BCUT2D eigenvalue weighted by molar-refractivity contribution is -0.122. The Morgan fingerprint density at radius 1 is 1.08 bits per heavy atom. The Labute approximate surface area is 140 Å². The molecule has 0 aliphatic carbocycles. The number of ether oxygens (including phenoxy) is 1. The Kier molecular flexibility index (Phi) is 4.91. The first-order chi connectivity index (χ1) is 11.7. The van der Waals surface area contributed by atoms with Crippen LogP contribution in [0.2, 0.25) is 0 Å². The molecule has 24 heavy (non-hydrogen) atoms. The number of rotatable bonds is 6. The van der Waals surface area contributed by atoms with Crippen LogP contribution in [0, 0.1) is 0 Å². The zero-order chi connectivity index (χ0) is 16.8. The van der Waals surface area contributed by atoms with Gasteiger partial charge in [-0.25, -0.2) is 4.68 Å². The summed E-state index contributed by atoms with van der Waals surface area (Å²) in [5, 5.41) is 7.14. The van der Waals surface area contributed by atoms with Gasteiger partial charge in [0.05, 0.1) is 12.7 Å². The highest BCUT2D eigenvalue weighted by atomic mass is 16.5. The van der Waals surface area contributed by atoms with Crippen molar-refractivity contribution in [2.45, 2.75) is 19.6 Å². The molecule has 5 nitrogen and oxygen atoms in total. The van der Waals surface area contributed by atoms with Crippen molar-refractivity contribution in [3.8, 4) is 5.75 Å². The lowest BCUT2D eigenvalue weighted by Gasteiger charge is -2.15. The first-order valence-electron chi connectivity index (χ1n) is 7.80. The molecule has 122 valence electrons. The zero-order valence-corrected chi connectivity index (χ0v) is 13.4. The van der Waals surface area contributed by atoms with E-state index in [2.05, 4.69) is 10.4 Å². The van der Waals surface area contributed by atoms with Gasteiger partial charge in [0.25, 0.3) is 5.91 Å². The average Bonchev–Trinajstić information content (AvgIpc) is 3.03. The molecule has 0 spiro atoms. The number of hydrogen-bond acceptors (Lipinski definition) is 3. The Hall–Kier alpha value is -3.08. The van der Waals surface area contributed by atoms with Gasteiger partial charge in [-0.15, -0.1) is 0 Å². The lowest BCUT2D eigenvalue weighted by Crippen LogP contribution is -2.31. The van der Waals surface area contributed by atoms with Crippen LogP contribution >= 0.6 is 0 Å². The maximum absolute atomic E-state index is 12.3. The molecule has 5 heteroatoms. The largest absolute Gasteiger partial charge is 0.481 e. The van der Waals surface area contributed by atoms with E-state index in [0.29, 0.717) is 18.1 Å². The van der Waals surface area contributed by atoms with Gasteiger partial charge in [0.2, 0.25) is 0 Å². The lowest BCUT2D eigenvalue weighted by atomic mass is 10.2. The number of amides is 1. The molecule has 0 saturated carbocycles. The number of anilines is 1. The Balaban J connectivity index is 1.63. The summed E-state index contributed by atoms with van der Waals surface area (Å²) in [6.07, 6.45) is 1.06. The third-order valence-corrected chi connectivity index (χ3v) is 3.57. The van der Waals surface area contributed by atoms with E-state index in [0.717, 1.165) is 5.56 Å². The molecule has 3 aromatic rings. The van der Waals surface area contributed by atoms with Crippen LogP contribution in [-0.2, 0) is 11.3 Å². The SMILES string of the molecule is CC(Oc1ccccc1)C(=O)Nc1ccnn1Cc1ccccc1. The third kappa shape index (κ3) is 4.01. The molecular formula is C19H19N3O2. The van der Waals surface area contributed by atoms with Crippen molar-refractivity contribution in [2.75, 3.05) is 5.32 Å². The second-order valence-electron chi connectivity index (χ2n) is 5.42. The van der Waals surface area contributed by atoms with Crippen LogP contribution in [-0.4, -0.2) is 21.8 Å². The van der Waals surface area contributed by atoms with E-state index in [-0.39, 0.29) is 5.91 Å². The van der Waals surface area contributed by atoms with Crippen molar-refractivity contribution in [3.63, 3.8) is 0 Å². The molecule has 1 heterocycles. The summed E-state index contributed by atoms with van der Waals surface area (Å²) in [4.78, 5) is 12.3. The fourth-order valence-corrected chi connectivity index (χ4v) is 2.31. The highest BCUT2D eigenvalue weighted by Gasteiger charge is 2.16. The molecular weight excluding hydrogens is 302 g/mol. The molecule has 1 aromatic heterocycles.